The van der Waals surface area contributed by atoms with Crippen molar-refractivity contribution in [1.29, 1.82) is 0 Å². The molecule has 0 spiro atoms. The number of hydrogen-bond donors (Lipinski definition) is 2. The van der Waals surface area contributed by atoms with E-state index >= 15 is 0 Å². The molecule has 1 heterocycles. The van der Waals surface area contributed by atoms with E-state index < -0.39 is 11.7 Å². The average Bonchev–Trinajstić information content (AvgIpc) is 2.25. The predicted octanol–water partition coefficient (Wildman–Crippen LogP) is 1.10. The zero-order valence-corrected chi connectivity index (χ0v) is 11.0. The first kappa shape index (κ1) is 14.3. The van der Waals surface area contributed by atoms with Crippen molar-refractivity contribution in [3.63, 3.8) is 0 Å². The summed E-state index contributed by atoms with van der Waals surface area (Å²) < 4.78 is 5.34. The molecule has 5 heteroatoms. The molecule has 0 aromatic rings. The Morgan fingerprint density at radius 3 is 2.71 bits per heavy atom. The van der Waals surface area contributed by atoms with Crippen LogP contribution in [0.4, 0.5) is 4.79 Å². The monoisotopic (exact) mass is 244 g/mol. The van der Waals surface area contributed by atoms with E-state index in [1.807, 2.05) is 20.8 Å². The Morgan fingerprint density at radius 1 is 1.53 bits per heavy atom. The van der Waals surface area contributed by atoms with Gasteiger partial charge < -0.3 is 20.5 Å². The van der Waals surface area contributed by atoms with Gasteiger partial charge in [-0.2, -0.15) is 0 Å². The van der Waals surface area contributed by atoms with Gasteiger partial charge in [0.05, 0.1) is 12.1 Å². The summed E-state index contributed by atoms with van der Waals surface area (Å²) >= 11 is 0. The van der Waals surface area contributed by atoms with Gasteiger partial charge in [0.15, 0.2) is 0 Å². The van der Waals surface area contributed by atoms with E-state index in [2.05, 4.69) is 0 Å². The van der Waals surface area contributed by atoms with Crippen LogP contribution in [0.2, 0.25) is 0 Å². The first-order chi connectivity index (χ1) is 7.85. The van der Waals surface area contributed by atoms with Crippen molar-refractivity contribution in [3.05, 3.63) is 0 Å². The summed E-state index contributed by atoms with van der Waals surface area (Å²) in [4.78, 5) is 13.6. The highest BCUT2D eigenvalue weighted by Gasteiger charge is 2.33. The van der Waals surface area contributed by atoms with Gasteiger partial charge in [-0.05, 0) is 40.0 Å². The number of aliphatic hydroxyl groups excluding tert-OH is 1. The lowest BCUT2D eigenvalue weighted by molar-refractivity contribution is -0.0143. The topological polar surface area (TPSA) is 75.8 Å². The van der Waals surface area contributed by atoms with Crippen LogP contribution in [0.1, 0.15) is 40.0 Å². The number of aliphatic hydroxyl groups is 1. The highest BCUT2D eigenvalue weighted by Crippen LogP contribution is 2.22. The third kappa shape index (κ3) is 4.16. The maximum Gasteiger partial charge on any atom is 0.410 e. The van der Waals surface area contributed by atoms with E-state index in [1.165, 1.54) is 0 Å². The summed E-state index contributed by atoms with van der Waals surface area (Å²) in [5.41, 5.74) is 4.96. The van der Waals surface area contributed by atoms with E-state index in [4.69, 9.17) is 10.5 Å². The minimum atomic E-state index is -0.664. The highest BCUT2D eigenvalue weighted by atomic mass is 16.6. The average molecular weight is 244 g/mol. The molecule has 17 heavy (non-hydrogen) atoms. The molecule has 1 aliphatic rings. The van der Waals surface area contributed by atoms with E-state index in [-0.39, 0.29) is 18.7 Å². The van der Waals surface area contributed by atoms with Crippen LogP contribution >= 0.6 is 0 Å². The molecule has 0 aliphatic carbocycles. The Hall–Kier alpha value is -0.810. The van der Waals surface area contributed by atoms with Crippen LogP contribution in [0.25, 0.3) is 0 Å². The molecular formula is C12H24N2O3. The number of carbonyl (C=O) groups excluding carboxylic acids is 1. The second-order valence-electron chi connectivity index (χ2n) is 5.54. The third-order valence-electron chi connectivity index (χ3n) is 2.86. The van der Waals surface area contributed by atoms with Gasteiger partial charge in [-0.25, -0.2) is 4.79 Å². The highest BCUT2D eigenvalue weighted by molar-refractivity contribution is 5.68. The van der Waals surface area contributed by atoms with Gasteiger partial charge >= 0.3 is 6.09 Å². The van der Waals surface area contributed by atoms with Crippen LogP contribution in [0.15, 0.2) is 0 Å². The van der Waals surface area contributed by atoms with Crippen molar-refractivity contribution < 1.29 is 14.6 Å². The molecule has 5 nitrogen and oxygen atoms in total. The summed E-state index contributed by atoms with van der Waals surface area (Å²) in [7, 11) is 0. The summed E-state index contributed by atoms with van der Waals surface area (Å²) in [5, 5.41) is 9.83. The lowest BCUT2D eigenvalue weighted by atomic mass is 9.98. The molecule has 3 N–H and O–H groups in total. The lowest BCUT2D eigenvalue weighted by Gasteiger charge is -2.38. The third-order valence-corrected chi connectivity index (χ3v) is 2.86. The van der Waals surface area contributed by atoms with E-state index in [0.29, 0.717) is 6.54 Å². The van der Waals surface area contributed by atoms with Gasteiger partial charge in [0.1, 0.15) is 5.60 Å². The number of hydrogen-bond acceptors (Lipinski definition) is 4. The van der Waals surface area contributed by atoms with Crippen molar-refractivity contribution in [2.45, 2.75) is 57.8 Å². The van der Waals surface area contributed by atoms with Gasteiger partial charge in [-0.3, -0.25) is 0 Å². The minimum Gasteiger partial charge on any atom is -0.444 e. The molecule has 0 bridgehead atoms. The molecule has 0 saturated carbocycles. The Balaban J connectivity index is 2.67. The van der Waals surface area contributed by atoms with E-state index in [0.717, 1.165) is 19.3 Å². The number of carbonyl (C=O) groups is 1. The molecule has 0 aromatic heterocycles. The standard InChI is InChI=1S/C12H24N2O3/c1-12(2,3)17-11(16)14-7-5-4-6-9(14)10(15)8-13/h9-10,15H,4-8,13H2,1-3H3/t9-,10-/m1/s1. The predicted molar refractivity (Wildman–Crippen MR) is 65.6 cm³/mol. The number of amides is 1. The Kier molecular flexibility index (Phi) is 4.77. The van der Waals surface area contributed by atoms with Gasteiger partial charge in [0.25, 0.3) is 0 Å². The molecule has 1 amide bonds. The second kappa shape index (κ2) is 5.69. The number of likely N-dealkylation sites (tertiary alicyclic amines) is 1. The van der Waals surface area contributed by atoms with Gasteiger partial charge in [0, 0.05) is 13.1 Å². The van der Waals surface area contributed by atoms with Crippen molar-refractivity contribution >= 4 is 6.09 Å². The Morgan fingerprint density at radius 2 is 2.18 bits per heavy atom. The molecule has 0 radical (unpaired) electrons. The Bertz CT molecular complexity index is 263. The van der Waals surface area contributed by atoms with Crippen LogP contribution in [0.3, 0.4) is 0 Å². The van der Waals surface area contributed by atoms with Gasteiger partial charge in [-0.1, -0.05) is 0 Å². The van der Waals surface area contributed by atoms with Crippen molar-refractivity contribution in [2.75, 3.05) is 13.1 Å². The zero-order chi connectivity index (χ0) is 13.1. The molecule has 2 atom stereocenters. The van der Waals surface area contributed by atoms with Crippen LogP contribution in [0, 0.1) is 0 Å². The second-order valence-corrected chi connectivity index (χ2v) is 5.54. The smallest absolute Gasteiger partial charge is 0.410 e. The summed E-state index contributed by atoms with van der Waals surface area (Å²) in [5.74, 6) is 0. The zero-order valence-electron chi connectivity index (χ0n) is 11.0. The van der Waals surface area contributed by atoms with E-state index in [1.54, 1.807) is 4.90 Å². The maximum absolute atomic E-state index is 12.0. The molecular weight excluding hydrogens is 220 g/mol. The minimum absolute atomic E-state index is 0.171. The maximum atomic E-state index is 12.0. The van der Waals surface area contributed by atoms with Gasteiger partial charge in [0.2, 0.25) is 0 Å². The molecule has 1 fully saturated rings. The number of nitrogens with two attached hydrogens (primary N) is 1. The van der Waals surface area contributed by atoms with Crippen LogP contribution < -0.4 is 5.73 Å². The molecule has 1 aliphatic heterocycles. The molecule has 1 rings (SSSR count). The largest absolute Gasteiger partial charge is 0.444 e. The van der Waals surface area contributed by atoms with Crippen molar-refractivity contribution in [1.82, 2.24) is 4.90 Å². The molecule has 1 saturated heterocycles. The quantitative estimate of drug-likeness (QED) is 0.762. The fourth-order valence-corrected chi connectivity index (χ4v) is 2.06. The van der Waals surface area contributed by atoms with Crippen LogP contribution in [-0.2, 0) is 4.74 Å². The fourth-order valence-electron chi connectivity index (χ4n) is 2.06. The van der Waals surface area contributed by atoms with Crippen LogP contribution in [0.5, 0.6) is 0 Å². The van der Waals surface area contributed by atoms with Crippen molar-refractivity contribution in [3.8, 4) is 0 Å². The number of ether oxygens (including phenoxy) is 1. The SMILES string of the molecule is CC(C)(C)OC(=O)N1CCCC[C@@H]1[C@H](O)CN. The lowest BCUT2D eigenvalue weighted by Crippen LogP contribution is -2.53. The Labute approximate surface area is 103 Å². The molecule has 0 unspecified atom stereocenters. The number of piperidine rings is 1. The first-order valence-electron chi connectivity index (χ1n) is 6.23. The molecule has 0 aromatic carbocycles. The fraction of sp³-hybridized carbons (Fsp3) is 0.917. The normalized spacial score (nSPS) is 23.4. The number of nitrogens with zero attached hydrogens (tertiary/aromatic N) is 1. The van der Waals surface area contributed by atoms with Gasteiger partial charge in [-0.15, -0.1) is 0 Å². The van der Waals surface area contributed by atoms with E-state index in [9.17, 15) is 9.90 Å². The number of rotatable bonds is 2. The summed E-state index contributed by atoms with van der Waals surface area (Å²) in [6.45, 7) is 6.32. The van der Waals surface area contributed by atoms with Crippen molar-refractivity contribution in [2.24, 2.45) is 5.73 Å². The first-order valence-corrected chi connectivity index (χ1v) is 6.23. The summed E-state index contributed by atoms with van der Waals surface area (Å²) in [6.07, 6.45) is 1.74. The summed E-state index contributed by atoms with van der Waals surface area (Å²) in [6, 6.07) is -0.205. The molecule has 100 valence electrons. The van der Waals surface area contributed by atoms with Crippen LogP contribution in [-0.4, -0.2) is 46.9 Å².